The number of fused-ring (bicyclic) bond motifs is 1. The van der Waals surface area contributed by atoms with Crippen molar-refractivity contribution in [1.82, 2.24) is 15.2 Å². The first-order chi connectivity index (χ1) is 13.4. The van der Waals surface area contributed by atoms with Gasteiger partial charge in [0.2, 0.25) is 0 Å². The number of carbonyl (C=O) groups is 2. The van der Waals surface area contributed by atoms with Crippen LogP contribution in [0.25, 0.3) is 10.2 Å². The average molecular weight is 406 g/mol. The van der Waals surface area contributed by atoms with E-state index in [1.807, 2.05) is 44.0 Å². The van der Waals surface area contributed by atoms with E-state index in [2.05, 4.69) is 16.4 Å². The number of aromatic nitrogens is 1. The van der Waals surface area contributed by atoms with Gasteiger partial charge in [-0.2, -0.15) is 0 Å². The number of nitrogens with one attached hydrogen (secondary N) is 3. The normalized spacial score (nSPS) is 16.5. The Morgan fingerprint density at radius 1 is 1.29 bits per heavy atom. The molecule has 152 valence electrons. The Morgan fingerprint density at radius 2 is 2.00 bits per heavy atom. The number of quaternary nitrogens is 2. The van der Waals surface area contributed by atoms with Crippen LogP contribution in [0.4, 0.5) is 0 Å². The van der Waals surface area contributed by atoms with Gasteiger partial charge in [0.25, 0.3) is 11.8 Å². The Bertz CT molecular complexity index is 781. The fourth-order valence-corrected chi connectivity index (χ4v) is 4.62. The zero-order chi connectivity index (χ0) is 20.1. The van der Waals surface area contributed by atoms with Gasteiger partial charge in [-0.15, -0.1) is 11.3 Å². The Kier molecular flexibility index (Phi) is 6.98. The topological polar surface area (TPSA) is 71.2 Å². The Morgan fingerprint density at radius 3 is 2.68 bits per heavy atom. The molecule has 1 atom stereocenters. The number of nitrogens with zero attached hydrogens (tertiary/aromatic N) is 2. The maximum Gasteiger partial charge on any atom is 0.278 e. The summed E-state index contributed by atoms with van der Waals surface area (Å²) in [5.74, 6) is 0.272. The number of para-hydroxylation sites is 1. The number of carbonyl (C=O) groups excluding carboxylic acids is 2. The van der Waals surface area contributed by atoms with Gasteiger partial charge in [-0.05, 0) is 26.0 Å². The third-order valence-electron chi connectivity index (χ3n) is 4.93. The van der Waals surface area contributed by atoms with Crippen molar-refractivity contribution in [3.8, 4) is 0 Å². The standard InChI is InChI=1S/C20H29N5O2S/c1-15(2)21-18(26)12-24-8-10-25(11-9-24)20(27)14-23(3)13-19-22-16-6-4-5-7-17(16)28-19/h4-7,15H,8-14H2,1-3H3,(H,21,26)/p+2. The summed E-state index contributed by atoms with van der Waals surface area (Å²) in [5, 5.41) is 4.00. The number of likely N-dealkylation sites (N-methyl/N-ethyl adjacent to an activating group) is 1. The predicted molar refractivity (Wildman–Crippen MR) is 111 cm³/mol. The summed E-state index contributed by atoms with van der Waals surface area (Å²) in [6.07, 6.45) is 0. The molecule has 3 N–H and O–H groups in total. The molecule has 2 aromatic rings. The van der Waals surface area contributed by atoms with Crippen molar-refractivity contribution >= 4 is 33.4 Å². The number of amides is 2. The average Bonchev–Trinajstić information content (AvgIpc) is 3.03. The molecule has 1 aromatic heterocycles. The molecule has 3 rings (SSSR count). The molecule has 1 saturated heterocycles. The Balaban J connectivity index is 1.43. The van der Waals surface area contributed by atoms with Gasteiger partial charge in [-0.25, -0.2) is 4.98 Å². The van der Waals surface area contributed by atoms with Gasteiger partial charge >= 0.3 is 0 Å². The summed E-state index contributed by atoms with van der Waals surface area (Å²) < 4.78 is 1.19. The van der Waals surface area contributed by atoms with Crippen LogP contribution in [-0.4, -0.2) is 74.1 Å². The first-order valence-electron chi connectivity index (χ1n) is 9.97. The van der Waals surface area contributed by atoms with Gasteiger partial charge < -0.3 is 20.0 Å². The minimum absolute atomic E-state index is 0.0878. The van der Waals surface area contributed by atoms with Gasteiger partial charge in [-0.3, -0.25) is 9.59 Å². The molecular formula is C20H31N5O2S+2. The number of benzene rings is 1. The first kappa shape index (κ1) is 20.7. The van der Waals surface area contributed by atoms with E-state index < -0.39 is 0 Å². The van der Waals surface area contributed by atoms with E-state index in [9.17, 15) is 9.59 Å². The van der Waals surface area contributed by atoms with E-state index in [4.69, 9.17) is 0 Å². The van der Waals surface area contributed by atoms with E-state index in [1.165, 1.54) is 9.60 Å². The van der Waals surface area contributed by atoms with Crippen molar-refractivity contribution in [2.24, 2.45) is 0 Å². The van der Waals surface area contributed by atoms with E-state index in [1.54, 1.807) is 11.3 Å². The second-order valence-electron chi connectivity index (χ2n) is 7.92. The minimum atomic E-state index is 0.0878. The molecule has 1 fully saturated rings. The summed E-state index contributed by atoms with van der Waals surface area (Å²) in [5.41, 5.74) is 1.03. The lowest BCUT2D eigenvalue weighted by atomic mass is 10.3. The van der Waals surface area contributed by atoms with Crippen molar-refractivity contribution < 1.29 is 19.4 Å². The quantitative estimate of drug-likeness (QED) is 0.529. The second-order valence-corrected chi connectivity index (χ2v) is 9.03. The molecule has 0 bridgehead atoms. The van der Waals surface area contributed by atoms with Crippen molar-refractivity contribution in [2.45, 2.75) is 26.4 Å². The SMILES string of the molecule is CC(C)NC(=O)C[NH+]1CCN(C(=O)C[NH+](C)Cc2nc3ccccc3s2)CC1. The molecule has 1 unspecified atom stereocenters. The van der Waals surface area contributed by atoms with Crippen LogP contribution in [0, 0.1) is 0 Å². The van der Waals surface area contributed by atoms with Crippen LogP contribution in [0.15, 0.2) is 24.3 Å². The highest BCUT2D eigenvalue weighted by molar-refractivity contribution is 7.18. The van der Waals surface area contributed by atoms with Gasteiger partial charge in [0.1, 0.15) is 11.6 Å². The summed E-state index contributed by atoms with van der Waals surface area (Å²) in [6.45, 7) is 8.75. The van der Waals surface area contributed by atoms with Gasteiger partial charge in [0.15, 0.2) is 13.1 Å². The molecule has 0 saturated carbocycles. The summed E-state index contributed by atoms with van der Waals surface area (Å²) in [4.78, 5) is 33.5. The number of rotatable bonds is 7. The van der Waals surface area contributed by atoms with Gasteiger partial charge in [0.05, 0.1) is 43.4 Å². The number of piperazine rings is 1. The van der Waals surface area contributed by atoms with Crippen molar-refractivity contribution in [3.63, 3.8) is 0 Å². The highest BCUT2D eigenvalue weighted by Gasteiger charge is 2.27. The molecule has 1 aliphatic rings. The number of hydrogen-bond donors (Lipinski definition) is 3. The second kappa shape index (κ2) is 9.45. The molecule has 2 heterocycles. The molecule has 2 amide bonds. The molecule has 0 spiro atoms. The molecular weight excluding hydrogens is 374 g/mol. The fraction of sp³-hybridized carbons (Fsp3) is 0.550. The van der Waals surface area contributed by atoms with Crippen molar-refractivity contribution in [1.29, 1.82) is 0 Å². The van der Waals surface area contributed by atoms with Crippen LogP contribution >= 0.6 is 11.3 Å². The van der Waals surface area contributed by atoms with Crippen LogP contribution in [0.1, 0.15) is 18.9 Å². The maximum atomic E-state index is 12.6. The highest BCUT2D eigenvalue weighted by atomic mass is 32.1. The van der Waals surface area contributed by atoms with Crippen LogP contribution < -0.4 is 15.1 Å². The van der Waals surface area contributed by atoms with Gasteiger partial charge in [0, 0.05) is 6.04 Å². The molecule has 0 aliphatic carbocycles. The third kappa shape index (κ3) is 5.73. The molecule has 1 aromatic carbocycles. The van der Waals surface area contributed by atoms with E-state index in [-0.39, 0.29) is 17.9 Å². The fourth-order valence-electron chi connectivity index (χ4n) is 3.54. The number of hydrogen-bond acceptors (Lipinski definition) is 4. The van der Waals surface area contributed by atoms with Crippen LogP contribution in [0.2, 0.25) is 0 Å². The van der Waals surface area contributed by atoms with Crippen LogP contribution in [0.5, 0.6) is 0 Å². The van der Waals surface area contributed by atoms with Crippen molar-refractivity contribution in [3.05, 3.63) is 29.3 Å². The zero-order valence-electron chi connectivity index (χ0n) is 17.0. The zero-order valence-corrected chi connectivity index (χ0v) is 17.8. The third-order valence-corrected chi connectivity index (χ3v) is 5.96. The van der Waals surface area contributed by atoms with Gasteiger partial charge in [-0.1, -0.05) is 12.1 Å². The monoisotopic (exact) mass is 405 g/mol. The minimum Gasteiger partial charge on any atom is -0.349 e. The summed E-state index contributed by atoms with van der Waals surface area (Å²) in [6, 6.07) is 8.31. The molecule has 28 heavy (non-hydrogen) atoms. The maximum absolute atomic E-state index is 12.6. The smallest absolute Gasteiger partial charge is 0.278 e. The first-order valence-corrected chi connectivity index (χ1v) is 10.8. The number of thiazole rings is 1. The van der Waals surface area contributed by atoms with Crippen LogP contribution in [0.3, 0.4) is 0 Å². The molecule has 7 nitrogen and oxygen atoms in total. The molecule has 0 radical (unpaired) electrons. The summed E-state index contributed by atoms with van der Waals surface area (Å²) in [7, 11) is 2.04. The lowest BCUT2D eigenvalue weighted by Gasteiger charge is -2.32. The largest absolute Gasteiger partial charge is 0.349 e. The van der Waals surface area contributed by atoms with Crippen LogP contribution in [-0.2, 0) is 16.1 Å². The summed E-state index contributed by atoms with van der Waals surface area (Å²) >= 11 is 1.70. The van der Waals surface area contributed by atoms with E-state index in [0.717, 1.165) is 48.1 Å². The Labute approximate surface area is 170 Å². The molecule has 8 heteroatoms. The van der Waals surface area contributed by atoms with E-state index in [0.29, 0.717) is 13.1 Å². The van der Waals surface area contributed by atoms with Crippen molar-refractivity contribution in [2.75, 3.05) is 46.3 Å². The molecule has 1 aliphatic heterocycles. The lowest BCUT2D eigenvalue weighted by molar-refractivity contribution is -0.897. The van der Waals surface area contributed by atoms with E-state index >= 15 is 0 Å². The Hall–Kier alpha value is -2.03. The highest BCUT2D eigenvalue weighted by Crippen LogP contribution is 2.20. The predicted octanol–water partition coefficient (Wildman–Crippen LogP) is -1.44. The lowest BCUT2D eigenvalue weighted by Crippen LogP contribution is -3.16.